The second-order valence-corrected chi connectivity index (χ2v) is 7.52. The number of halogens is 2. The quantitative estimate of drug-likeness (QED) is 0.325. The fraction of sp³-hybridized carbons (Fsp3) is 0.182. The molecule has 2 amide bonds. The molecular formula is C22H22Cl2N6O2. The average molecular weight is 473 g/mol. The number of hydrogen-bond acceptors (Lipinski definition) is 5. The van der Waals surface area contributed by atoms with Crippen LogP contribution in [0.25, 0.3) is 0 Å². The molecule has 3 aromatic rings. The van der Waals surface area contributed by atoms with Crippen LogP contribution in [0.1, 0.15) is 18.3 Å². The maximum atomic E-state index is 12.6. The van der Waals surface area contributed by atoms with Gasteiger partial charge in [-0.1, -0.05) is 23.2 Å². The molecule has 0 bridgehead atoms. The lowest BCUT2D eigenvalue weighted by molar-refractivity contribution is 0.256. The maximum absolute atomic E-state index is 12.6. The molecular weight excluding hydrogens is 451 g/mol. The number of guanidine groups is 1. The number of nitrogens with zero attached hydrogens (tertiary/aromatic N) is 3. The third-order valence-corrected chi connectivity index (χ3v) is 4.76. The topological polar surface area (TPSA) is 101 Å². The number of urea groups is 1. The van der Waals surface area contributed by atoms with E-state index < -0.39 is 6.03 Å². The van der Waals surface area contributed by atoms with Crippen molar-refractivity contribution in [2.24, 2.45) is 4.99 Å². The molecule has 0 fully saturated rings. The fourth-order valence-electron chi connectivity index (χ4n) is 2.73. The fourth-order valence-corrected chi connectivity index (χ4v) is 3.02. The number of carbonyl (C=O) groups is 1. The Morgan fingerprint density at radius 2 is 1.59 bits per heavy atom. The molecule has 0 spiro atoms. The van der Waals surface area contributed by atoms with Gasteiger partial charge in [0.25, 0.3) is 5.95 Å². The summed E-state index contributed by atoms with van der Waals surface area (Å²) in [5, 5.41) is 9.15. The van der Waals surface area contributed by atoms with E-state index in [0.29, 0.717) is 28.0 Å². The Balaban J connectivity index is 1.82. The molecule has 0 unspecified atom stereocenters. The van der Waals surface area contributed by atoms with E-state index in [1.807, 2.05) is 39.0 Å². The van der Waals surface area contributed by atoms with Crippen LogP contribution >= 0.6 is 23.2 Å². The van der Waals surface area contributed by atoms with E-state index in [9.17, 15) is 4.79 Å². The van der Waals surface area contributed by atoms with Gasteiger partial charge in [-0.25, -0.2) is 14.8 Å². The summed E-state index contributed by atoms with van der Waals surface area (Å²) in [7, 11) is 0. The first-order valence-electron chi connectivity index (χ1n) is 9.76. The summed E-state index contributed by atoms with van der Waals surface area (Å²) in [4.78, 5) is 25.6. The van der Waals surface area contributed by atoms with Crippen LogP contribution in [-0.2, 0) is 0 Å². The van der Waals surface area contributed by atoms with Crippen LogP contribution in [-0.4, -0.2) is 28.6 Å². The summed E-state index contributed by atoms with van der Waals surface area (Å²) in [5.41, 5.74) is 2.68. The van der Waals surface area contributed by atoms with Gasteiger partial charge in [-0.2, -0.15) is 4.99 Å². The highest BCUT2D eigenvalue weighted by molar-refractivity contribution is 6.42. The van der Waals surface area contributed by atoms with Gasteiger partial charge in [0.05, 0.1) is 16.7 Å². The van der Waals surface area contributed by atoms with E-state index >= 15 is 0 Å². The van der Waals surface area contributed by atoms with Crippen LogP contribution in [0.2, 0.25) is 10.0 Å². The highest BCUT2D eigenvalue weighted by Gasteiger charge is 2.10. The summed E-state index contributed by atoms with van der Waals surface area (Å²) >= 11 is 11.9. The van der Waals surface area contributed by atoms with E-state index in [1.165, 1.54) is 0 Å². The van der Waals surface area contributed by atoms with Gasteiger partial charge in [0, 0.05) is 22.8 Å². The van der Waals surface area contributed by atoms with E-state index in [-0.39, 0.29) is 11.9 Å². The standard InChI is InChI=1S/C22H22Cl2N6O2/c1-4-32-17-8-5-15(6-9-17)27-21(29-20-25-13(2)11-14(3)26-20)30-22(31)28-16-7-10-18(23)19(24)12-16/h5-12H,4H2,1-3H3,(H3,25,26,27,28,29,30,31). The van der Waals surface area contributed by atoms with Crippen molar-refractivity contribution in [2.75, 3.05) is 17.2 Å². The van der Waals surface area contributed by atoms with Crippen molar-refractivity contribution in [3.05, 3.63) is 70.0 Å². The minimum absolute atomic E-state index is 0.136. The summed E-state index contributed by atoms with van der Waals surface area (Å²) in [5.74, 6) is 1.09. The van der Waals surface area contributed by atoms with Gasteiger partial charge in [0.1, 0.15) is 5.75 Å². The molecule has 3 rings (SSSR count). The lowest BCUT2D eigenvalue weighted by Gasteiger charge is -2.13. The summed E-state index contributed by atoms with van der Waals surface area (Å²) in [6.45, 7) is 6.17. The minimum atomic E-state index is -0.537. The Bertz CT molecular complexity index is 1120. The van der Waals surface area contributed by atoms with Crippen molar-refractivity contribution in [3.8, 4) is 5.75 Å². The molecule has 0 saturated heterocycles. The van der Waals surface area contributed by atoms with Crippen molar-refractivity contribution in [1.29, 1.82) is 0 Å². The Morgan fingerprint density at radius 3 is 2.22 bits per heavy atom. The average Bonchev–Trinajstić information content (AvgIpc) is 2.71. The van der Waals surface area contributed by atoms with Crippen LogP contribution in [0, 0.1) is 13.8 Å². The number of aliphatic imine (C=N–C) groups is 1. The lowest BCUT2D eigenvalue weighted by atomic mass is 10.3. The second-order valence-electron chi connectivity index (χ2n) is 6.70. The van der Waals surface area contributed by atoms with Gasteiger partial charge >= 0.3 is 6.03 Å². The SMILES string of the molecule is CCOc1ccc(N/C(=N/c2nc(C)cc(C)n2)NC(=O)Nc2ccc(Cl)c(Cl)c2)cc1. The molecule has 0 atom stereocenters. The van der Waals surface area contributed by atoms with Crippen LogP contribution in [0.15, 0.2) is 53.5 Å². The predicted molar refractivity (Wildman–Crippen MR) is 128 cm³/mol. The number of aryl methyl sites for hydroxylation is 2. The van der Waals surface area contributed by atoms with Crippen molar-refractivity contribution in [2.45, 2.75) is 20.8 Å². The van der Waals surface area contributed by atoms with Gasteiger partial charge in [-0.05, 0) is 69.3 Å². The number of benzene rings is 2. The van der Waals surface area contributed by atoms with Gasteiger partial charge in [-0.3, -0.25) is 5.32 Å². The number of amides is 2. The minimum Gasteiger partial charge on any atom is -0.494 e. The number of aromatic nitrogens is 2. The molecule has 1 heterocycles. The predicted octanol–water partition coefficient (Wildman–Crippen LogP) is 5.72. The number of anilines is 2. The number of ether oxygens (including phenoxy) is 1. The van der Waals surface area contributed by atoms with Crippen molar-refractivity contribution in [1.82, 2.24) is 15.3 Å². The third-order valence-electron chi connectivity index (χ3n) is 4.02. The molecule has 0 radical (unpaired) electrons. The van der Waals surface area contributed by atoms with Crippen LogP contribution in [0.3, 0.4) is 0 Å². The molecule has 3 N–H and O–H groups in total. The maximum Gasteiger partial charge on any atom is 0.326 e. The van der Waals surface area contributed by atoms with Crippen molar-refractivity contribution >= 4 is 52.5 Å². The normalized spacial score (nSPS) is 11.1. The zero-order chi connectivity index (χ0) is 23.1. The zero-order valence-electron chi connectivity index (χ0n) is 17.7. The van der Waals surface area contributed by atoms with Crippen LogP contribution < -0.4 is 20.7 Å². The number of hydrogen-bond donors (Lipinski definition) is 3. The van der Waals surface area contributed by atoms with Crippen molar-refractivity contribution < 1.29 is 9.53 Å². The Morgan fingerprint density at radius 1 is 0.938 bits per heavy atom. The van der Waals surface area contributed by atoms with E-state index in [0.717, 1.165) is 17.1 Å². The molecule has 166 valence electrons. The van der Waals surface area contributed by atoms with Gasteiger partial charge in [-0.15, -0.1) is 0 Å². The molecule has 10 heteroatoms. The number of nitrogens with one attached hydrogen (secondary N) is 3. The number of rotatable bonds is 5. The van der Waals surface area contributed by atoms with E-state index in [2.05, 4.69) is 30.9 Å². The Hall–Kier alpha value is -3.36. The molecule has 0 aliphatic carbocycles. The second kappa shape index (κ2) is 10.8. The first-order valence-corrected chi connectivity index (χ1v) is 10.5. The third kappa shape index (κ3) is 6.83. The molecule has 2 aromatic carbocycles. The smallest absolute Gasteiger partial charge is 0.326 e. The van der Waals surface area contributed by atoms with E-state index in [4.69, 9.17) is 27.9 Å². The summed E-state index contributed by atoms with van der Waals surface area (Å²) in [6.07, 6.45) is 0. The lowest BCUT2D eigenvalue weighted by Crippen LogP contribution is -2.38. The van der Waals surface area contributed by atoms with E-state index in [1.54, 1.807) is 30.3 Å². The zero-order valence-corrected chi connectivity index (χ0v) is 19.3. The van der Waals surface area contributed by atoms with Gasteiger partial charge in [0.15, 0.2) is 0 Å². The summed E-state index contributed by atoms with van der Waals surface area (Å²) in [6, 6.07) is 13.3. The van der Waals surface area contributed by atoms with Crippen molar-refractivity contribution in [3.63, 3.8) is 0 Å². The van der Waals surface area contributed by atoms with Gasteiger partial charge < -0.3 is 15.4 Å². The highest BCUT2D eigenvalue weighted by Crippen LogP contribution is 2.25. The molecule has 1 aromatic heterocycles. The molecule has 0 aliphatic rings. The van der Waals surface area contributed by atoms with Crippen LogP contribution in [0.4, 0.5) is 22.1 Å². The largest absolute Gasteiger partial charge is 0.494 e. The molecule has 32 heavy (non-hydrogen) atoms. The summed E-state index contributed by atoms with van der Waals surface area (Å²) < 4.78 is 5.46. The van der Waals surface area contributed by atoms with Gasteiger partial charge in [0.2, 0.25) is 5.96 Å². The first kappa shape index (κ1) is 23.3. The number of carbonyl (C=O) groups excluding carboxylic acids is 1. The van der Waals surface area contributed by atoms with Crippen LogP contribution in [0.5, 0.6) is 5.75 Å². The molecule has 8 nitrogen and oxygen atoms in total. The highest BCUT2D eigenvalue weighted by atomic mass is 35.5. The monoisotopic (exact) mass is 472 g/mol. The molecule has 0 aliphatic heterocycles. The first-order chi connectivity index (χ1) is 15.3. The molecule has 0 saturated carbocycles. The Kier molecular flexibility index (Phi) is 7.86. The Labute approximate surface area is 196 Å².